The molecule has 0 saturated carbocycles. The normalized spacial score (nSPS) is 13.6. The van der Waals surface area contributed by atoms with Crippen molar-refractivity contribution < 1.29 is 38.4 Å². The summed E-state index contributed by atoms with van der Waals surface area (Å²) in [7, 11) is 0. The van der Waals surface area contributed by atoms with E-state index in [1.54, 1.807) is 6.92 Å². The summed E-state index contributed by atoms with van der Waals surface area (Å²) in [4.78, 5) is 21.8. The quantitative estimate of drug-likeness (QED) is 0.678. The van der Waals surface area contributed by atoms with Crippen LogP contribution in [0.2, 0.25) is 0 Å². The van der Waals surface area contributed by atoms with Gasteiger partial charge in [-0.1, -0.05) is 0 Å². The van der Waals surface area contributed by atoms with Crippen molar-refractivity contribution in [3.8, 4) is 0 Å². The molecule has 8 heteroatoms. The Labute approximate surface area is 118 Å². The van der Waals surface area contributed by atoms with Crippen molar-refractivity contribution in [1.82, 2.24) is 0 Å². The number of carboxylic acid groups (broad SMARTS) is 1. The van der Waals surface area contributed by atoms with Crippen LogP contribution >= 0.6 is 0 Å². The zero-order chi connectivity index (χ0) is 16.2. The highest BCUT2D eigenvalue weighted by molar-refractivity contribution is 5.88. The number of esters is 1. The number of carboxylic acids is 1. The van der Waals surface area contributed by atoms with Gasteiger partial charge in [0.15, 0.2) is 0 Å². The average molecular weight is 304 g/mol. The van der Waals surface area contributed by atoms with Crippen molar-refractivity contribution in [3.63, 3.8) is 0 Å². The molecule has 0 amide bonds. The summed E-state index contributed by atoms with van der Waals surface area (Å²) in [6.07, 6.45) is -4.23. The summed E-state index contributed by atoms with van der Waals surface area (Å²) < 4.78 is 31.7. The number of carbonyl (C=O) groups excluding carboxylic acids is 1. The first-order valence-electron chi connectivity index (χ1n) is 6.01. The third-order valence-electron chi connectivity index (χ3n) is 2.68. The smallest absolute Gasteiger partial charge is 0.338 e. The van der Waals surface area contributed by atoms with E-state index in [0.29, 0.717) is 12.1 Å². The van der Waals surface area contributed by atoms with Crippen molar-refractivity contribution in [2.75, 3.05) is 6.61 Å². The second kappa shape index (κ2) is 7.09. The molecule has 0 spiro atoms. The van der Waals surface area contributed by atoms with Gasteiger partial charge in [0.2, 0.25) is 0 Å². The highest BCUT2D eigenvalue weighted by atomic mass is 19.1. The van der Waals surface area contributed by atoms with E-state index in [9.17, 15) is 28.6 Å². The number of benzene rings is 1. The largest absolute Gasteiger partial charge is 0.478 e. The van der Waals surface area contributed by atoms with Crippen molar-refractivity contribution >= 4 is 11.9 Å². The standard InChI is InChI=1S/C13H14F2O6/c1-2-21-11(17)5-10(16)12(18)6-3-9(15)7(13(19)20)4-8(6)14/h3-4,10,12,16,18H,2,5H2,1H3,(H,19,20). The molecule has 116 valence electrons. The Kier molecular flexibility index (Phi) is 5.74. The molecular formula is C13H14F2O6. The van der Waals surface area contributed by atoms with E-state index in [1.807, 2.05) is 0 Å². The molecule has 0 aliphatic heterocycles. The number of aliphatic hydroxyl groups is 2. The Hall–Kier alpha value is -2.06. The lowest BCUT2D eigenvalue weighted by Gasteiger charge is -2.18. The van der Waals surface area contributed by atoms with Crippen LogP contribution in [-0.4, -0.2) is 40.0 Å². The molecular weight excluding hydrogens is 290 g/mol. The SMILES string of the molecule is CCOC(=O)CC(O)C(O)c1cc(F)c(C(=O)O)cc1F. The van der Waals surface area contributed by atoms with Crippen molar-refractivity contribution in [2.24, 2.45) is 0 Å². The summed E-state index contributed by atoms with van der Waals surface area (Å²) in [5, 5.41) is 28.0. The highest BCUT2D eigenvalue weighted by Crippen LogP contribution is 2.25. The number of hydrogen-bond acceptors (Lipinski definition) is 5. The third-order valence-corrected chi connectivity index (χ3v) is 2.68. The summed E-state index contributed by atoms with van der Waals surface area (Å²) >= 11 is 0. The van der Waals surface area contributed by atoms with E-state index < -0.39 is 53.3 Å². The Morgan fingerprint density at radius 1 is 1.24 bits per heavy atom. The topological polar surface area (TPSA) is 104 Å². The Morgan fingerprint density at radius 2 is 1.86 bits per heavy atom. The molecule has 0 saturated heterocycles. The van der Waals surface area contributed by atoms with Crippen molar-refractivity contribution in [3.05, 3.63) is 34.9 Å². The first-order valence-corrected chi connectivity index (χ1v) is 6.01. The molecule has 0 aromatic heterocycles. The first kappa shape index (κ1) is 17.0. The minimum Gasteiger partial charge on any atom is -0.478 e. The van der Waals surface area contributed by atoms with Crippen LogP contribution in [0.15, 0.2) is 12.1 Å². The Morgan fingerprint density at radius 3 is 2.38 bits per heavy atom. The highest BCUT2D eigenvalue weighted by Gasteiger charge is 2.26. The zero-order valence-electron chi connectivity index (χ0n) is 11.0. The second-order valence-electron chi connectivity index (χ2n) is 4.18. The Balaban J connectivity index is 2.97. The van der Waals surface area contributed by atoms with Gasteiger partial charge in [0, 0.05) is 5.56 Å². The van der Waals surface area contributed by atoms with Crippen molar-refractivity contribution in [1.29, 1.82) is 0 Å². The number of ether oxygens (including phenoxy) is 1. The van der Waals surface area contributed by atoms with Crippen LogP contribution < -0.4 is 0 Å². The number of rotatable bonds is 6. The summed E-state index contributed by atoms with van der Waals surface area (Å²) in [5.74, 6) is -4.95. The number of halogens is 2. The minimum absolute atomic E-state index is 0.0674. The van der Waals surface area contributed by atoms with Gasteiger partial charge in [-0.05, 0) is 19.1 Å². The number of carbonyl (C=O) groups is 2. The molecule has 1 rings (SSSR count). The van der Waals surface area contributed by atoms with Crippen LogP contribution in [-0.2, 0) is 9.53 Å². The van der Waals surface area contributed by atoms with Gasteiger partial charge in [-0.3, -0.25) is 4.79 Å². The molecule has 1 aromatic rings. The van der Waals surface area contributed by atoms with E-state index in [0.717, 1.165) is 0 Å². The lowest BCUT2D eigenvalue weighted by atomic mass is 9.99. The number of hydrogen-bond donors (Lipinski definition) is 3. The average Bonchev–Trinajstić information content (AvgIpc) is 2.39. The van der Waals surface area contributed by atoms with Gasteiger partial charge in [-0.15, -0.1) is 0 Å². The van der Waals surface area contributed by atoms with E-state index >= 15 is 0 Å². The maximum atomic E-state index is 13.7. The summed E-state index contributed by atoms with van der Waals surface area (Å²) in [5.41, 5.74) is -1.54. The fourth-order valence-corrected chi connectivity index (χ4v) is 1.66. The van der Waals surface area contributed by atoms with Crippen LogP contribution in [0.25, 0.3) is 0 Å². The van der Waals surface area contributed by atoms with Crippen LogP contribution in [0.5, 0.6) is 0 Å². The predicted molar refractivity (Wildman–Crippen MR) is 65.5 cm³/mol. The van der Waals surface area contributed by atoms with Gasteiger partial charge < -0.3 is 20.1 Å². The zero-order valence-corrected chi connectivity index (χ0v) is 11.0. The predicted octanol–water partition coefficient (Wildman–Crippen LogP) is 1.01. The first-order chi connectivity index (χ1) is 9.77. The molecule has 3 N–H and O–H groups in total. The molecule has 2 unspecified atom stereocenters. The van der Waals surface area contributed by atoms with Crippen LogP contribution in [0, 0.1) is 11.6 Å². The maximum absolute atomic E-state index is 13.7. The van der Waals surface area contributed by atoms with Gasteiger partial charge in [0.1, 0.15) is 17.7 Å². The molecule has 0 aliphatic carbocycles. The van der Waals surface area contributed by atoms with Gasteiger partial charge in [-0.2, -0.15) is 0 Å². The van der Waals surface area contributed by atoms with Gasteiger partial charge in [0.05, 0.1) is 24.7 Å². The van der Waals surface area contributed by atoms with Crippen molar-refractivity contribution in [2.45, 2.75) is 25.6 Å². The molecule has 0 heterocycles. The number of aliphatic hydroxyl groups excluding tert-OH is 2. The molecule has 0 bridgehead atoms. The monoisotopic (exact) mass is 304 g/mol. The molecule has 0 fully saturated rings. The van der Waals surface area contributed by atoms with E-state index in [-0.39, 0.29) is 6.61 Å². The third kappa shape index (κ3) is 4.20. The Bertz CT molecular complexity index is 546. The van der Waals surface area contributed by atoms with E-state index in [4.69, 9.17) is 5.11 Å². The molecule has 2 atom stereocenters. The lowest BCUT2D eigenvalue weighted by Crippen LogP contribution is -2.24. The van der Waals surface area contributed by atoms with E-state index in [2.05, 4.69) is 4.74 Å². The summed E-state index contributed by atoms with van der Waals surface area (Å²) in [6, 6.07) is 0.866. The van der Waals surface area contributed by atoms with Gasteiger partial charge in [-0.25, -0.2) is 13.6 Å². The van der Waals surface area contributed by atoms with Crippen LogP contribution in [0.1, 0.15) is 35.4 Å². The van der Waals surface area contributed by atoms with E-state index in [1.165, 1.54) is 0 Å². The van der Waals surface area contributed by atoms with Crippen LogP contribution in [0.4, 0.5) is 8.78 Å². The summed E-state index contributed by atoms with van der Waals surface area (Å²) in [6.45, 7) is 1.61. The second-order valence-corrected chi connectivity index (χ2v) is 4.18. The lowest BCUT2D eigenvalue weighted by molar-refractivity contribution is -0.147. The number of aromatic carboxylic acids is 1. The fourth-order valence-electron chi connectivity index (χ4n) is 1.66. The maximum Gasteiger partial charge on any atom is 0.338 e. The molecule has 0 radical (unpaired) electrons. The van der Waals surface area contributed by atoms with Gasteiger partial charge >= 0.3 is 11.9 Å². The fraction of sp³-hybridized carbons (Fsp3) is 0.385. The van der Waals surface area contributed by atoms with Crippen LogP contribution in [0.3, 0.4) is 0 Å². The minimum atomic E-state index is -1.90. The molecule has 21 heavy (non-hydrogen) atoms. The molecule has 1 aromatic carbocycles. The molecule has 0 aliphatic rings. The molecule has 6 nitrogen and oxygen atoms in total. The van der Waals surface area contributed by atoms with Gasteiger partial charge in [0.25, 0.3) is 0 Å².